The molecule has 1 N–H and O–H groups in total. The molecule has 1 fully saturated rings. The van der Waals surface area contributed by atoms with Crippen LogP contribution >= 0.6 is 24.0 Å². The van der Waals surface area contributed by atoms with Gasteiger partial charge in [-0.25, -0.2) is 4.79 Å². The van der Waals surface area contributed by atoms with Crippen molar-refractivity contribution in [2.45, 2.75) is 6.54 Å². The van der Waals surface area contributed by atoms with Crippen molar-refractivity contribution in [2.75, 3.05) is 6.61 Å². The molecule has 0 aliphatic carbocycles. The number of amides is 1. The van der Waals surface area contributed by atoms with Gasteiger partial charge in [0.25, 0.3) is 5.91 Å². The summed E-state index contributed by atoms with van der Waals surface area (Å²) in [5.41, 5.74) is 1.63. The van der Waals surface area contributed by atoms with Crippen LogP contribution in [-0.2, 0) is 16.1 Å². The maximum absolute atomic E-state index is 12.7. The summed E-state index contributed by atoms with van der Waals surface area (Å²) in [6.07, 6.45) is 1.68. The third-order valence-corrected chi connectivity index (χ3v) is 4.99. The van der Waals surface area contributed by atoms with Gasteiger partial charge in [-0.05, 0) is 17.7 Å². The summed E-state index contributed by atoms with van der Waals surface area (Å²) in [6.45, 7) is -0.0279. The second kappa shape index (κ2) is 8.16. The van der Waals surface area contributed by atoms with Crippen molar-refractivity contribution in [1.29, 1.82) is 0 Å². The fourth-order valence-corrected chi connectivity index (χ4v) is 3.66. The summed E-state index contributed by atoms with van der Waals surface area (Å²) in [7, 11) is 0. The molecule has 0 unspecified atom stereocenters. The number of thioether (sulfide) groups is 1. The van der Waals surface area contributed by atoms with E-state index in [4.69, 9.17) is 22.1 Å². The predicted molar refractivity (Wildman–Crippen MR) is 105 cm³/mol. The number of hydrogen-bond donors (Lipinski definition) is 1. The van der Waals surface area contributed by atoms with Crippen LogP contribution in [0.3, 0.4) is 0 Å². The predicted octanol–water partition coefficient (Wildman–Crippen LogP) is 3.55. The maximum atomic E-state index is 12.7. The first-order valence-corrected chi connectivity index (χ1v) is 9.00. The second-order valence-electron chi connectivity index (χ2n) is 5.47. The van der Waals surface area contributed by atoms with Gasteiger partial charge >= 0.3 is 5.97 Å². The Morgan fingerprint density at radius 2 is 1.85 bits per heavy atom. The molecule has 3 rings (SSSR count). The van der Waals surface area contributed by atoms with Crippen LogP contribution in [0.1, 0.15) is 11.1 Å². The lowest BCUT2D eigenvalue weighted by molar-refractivity contribution is -0.139. The smallest absolute Gasteiger partial charge is 0.341 e. The number of rotatable bonds is 6. The number of thiocarbonyl (C=S) groups is 1. The maximum Gasteiger partial charge on any atom is 0.341 e. The Hall–Kier alpha value is -2.64. The molecule has 5 nitrogen and oxygen atoms in total. The first-order chi connectivity index (χ1) is 12.5. The molecule has 7 heteroatoms. The minimum absolute atomic E-state index is 0.170. The number of aliphatic carboxylic acids is 1. The van der Waals surface area contributed by atoms with Crippen molar-refractivity contribution < 1.29 is 19.4 Å². The van der Waals surface area contributed by atoms with Crippen molar-refractivity contribution in [1.82, 2.24) is 4.90 Å². The molecular weight excluding hydrogens is 370 g/mol. The van der Waals surface area contributed by atoms with E-state index in [1.165, 1.54) is 11.8 Å². The fraction of sp³-hybridized carbons (Fsp3) is 0.105. The van der Waals surface area contributed by atoms with Crippen LogP contribution in [0.4, 0.5) is 0 Å². The monoisotopic (exact) mass is 385 g/mol. The van der Waals surface area contributed by atoms with Crippen molar-refractivity contribution in [3.8, 4) is 5.75 Å². The van der Waals surface area contributed by atoms with Gasteiger partial charge in [0.05, 0.1) is 11.4 Å². The molecule has 1 aliphatic heterocycles. The zero-order valence-corrected chi connectivity index (χ0v) is 15.3. The number of nitrogens with zero attached hydrogens (tertiary/aromatic N) is 1. The van der Waals surface area contributed by atoms with Crippen LogP contribution in [-0.4, -0.2) is 32.8 Å². The van der Waals surface area contributed by atoms with Crippen LogP contribution in [0, 0.1) is 0 Å². The van der Waals surface area contributed by atoms with Gasteiger partial charge in [0, 0.05) is 5.56 Å². The molecule has 0 atom stereocenters. The summed E-state index contributed by atoms with van der Waals surface area (Å²) >= 11 is 6.57. The number of carbonyl (C=O) groups is 2. The van der Waals surface area contributed by atoms with Crippen LogP contribution in [0.5, 0.6) is 5.75 Å². The van der Waals surface area contributed by atoms with Gasteiger partial charge in [-0.2, -0.15) is 0 Å². The zero-order chi connectivity index (χ0) is 18.5. The molecule has 1 amide bonds. The summed E-state index contributed by atoms with van der Waals surface area (Å²) in [6, 6.07) is 16.6. The summed E-state index contributed by atoms with van der Waals surface area (Å²) in [4.78, 5) is 25.5. The summed E-state index contributed by atoms with van der Waals surface area (Å²) < 4.78 is 5.78. The molecule has 0 aromatic heterocycles. The zero-order valence-electron chi connectivity index (χ0n) is 13.6. The van der Waals surface area contributed by atoms with Crippen LogP contribution < -0.4 is 4.74 Å². The molecule has 1 aliphatic rings. The lowest BCUT2D eigenvalue weighted by Gasteiger charge is -2.14. The standard InChI is InChI=1S/C19H15NO4S2/c21-17(22)12-24-15-9-5-4-8-14(15)10-16-18(23)20(19(25)26-16)11-13-6-2-1-3-7-13/h1-10H,11-12H2,(H,21,22). The number of benzene rings is 2. The van der Waals surface area contributed by atoms with Crippen molar-refractivity contribution >= 4 is 46.3 Å². The Morgan fingerprint density at radius 1 is 1.15 bits per heavy atom. The van der Waals surface area contributed by atoms with Gasteiger partial charge < -0.3 is 9.84 Å². The average molecular weight is 385 g/mol. The lowest BCUT2D eigenvalue weighted by Crippen LogP contribution is -2.27. The number of carboxylic acid groups (broad SMARTS) is 1. The molecule has 132 valence electrons. The van der Waals surface area contributed by atoms with E-state index in [-0.39, 0.29) is 5.91 Å². The molecule has 0 radical (unpaired) electrons. The summed E-state index contributed by atoms with van der Waals surface area (Å²) in [5, 5.41) is 8.78. The number of ether oxygens (including phenoxy) is 1. The van der Waals surface area contributed by atoms with E-state index in [1.54, 1.807) is 35.2 Å². The molecular formula is C19H15NO4S2. The Kier molecular flexibility index (Phi) is 5.70. The molecule has 0 bridgehead atoms. The van der Waals surface area contributed by atoms with Gasteiger partial charge in [-0.3, -0.25) is 9.69 Å². The molecule has 1 saturated heterocycles. The van der Waals surface area contributed by atoms with E-state index < -0.39 is 12.6 Å². The van der Waals surface area contributed by atoms with Gasteiger partial charge in [-0.1, -0.05) is 72.5 Å². The largest absolute Gasteiger partial charge is 0.481 e. The Labute approximate surface area is 160 Å². The van der Waals surface area contributed by atoms with E-state index in [1.807, 2.05) is 30.3 Å². The van der Waals surface area contributed by atoms with Gasteiger partial charge in [0.15, 0.2) is 6.61 Å². The van der Waals surface area contributed by atoms with Gasteiger partial charge in [-0.15, -0.1) is 0 Å². The minimum atomic E-state index is -1.06. The highest BCUT2D eigenvalue weighted by Crippen LogP contribution is 2.35. The van der Waals surface area contributed by atoms with E-state index >= 15 is 0 Å². The van der Waals surface area contributed by atoms with E-state index in [2.05, 4.69) is 0 Å². The SMILES string of the molecule is O=C(O)COc1ccccc1C=C1SC(=S)N(Cc2ccccc2)C1=O. The van der Waals surface area contributed by atoms with Gasteiger partial charge in [0.2, 0.25) is 0 Å². The minimum Gasteiger partial charge on any atom is -0.481 e. The topological polar surface area (TPSA) is 66.8 Å². The highest BCUT2D eigenvalue weighted by atomic mass is 32.2. The Bertz CT molecular complexity index is 880. The number of carboxylic acids is 1. The molecule has 0 spiro atoms. The van der Waals surface area contributed by atoms with E-state index in [0.717, 1.165) is 5.56 Å². The number of carbonyl (C=O) groups excluding carboxylic acids is 1. The Balaban J connectivity index is 1.81. The number of hydrogen-bond acceptors (Lipinski definition) is 5. The van der Waals surface area contributed by atoms with E-state index in [9.17, 15) is 9.59 Å². The van der Waals surface area contributed by atoms with Crippen LogP contribution in [0.15, 0.2) is 59.5 Å². The quantitative estimate of drug-likeness (QED) is 0.606. The molecule has 2 aromatic rings. The normalized spacial score (nSPS) is 15.5. The summed E-state index contributed by atoms with van der Waals surface area (Å²) in [5.74, 6) is -0.825. The number of para-hydroxylation sites is 1. The third-order valence-electron chi connectivity index (χ3n) is 3.61. The molecule has 1 heterocycles. The highest BCUT2D eigenvalue weighted by Gasteiger charge is 2.32. The van der Waals surface area contributed by atoms with Crippen LogP contribution in [0.25, 0.3) is 6.08 Å². The molecule has 2 aromatic carbocycles. The molecule has 26 heavy (non-hydrogen) atoms. The first kappa shape index (κ1) is 18.2. The second-order valence-corrected chi connectivity index (χ2v) is 7.15. The molecule has 0 saturated carbocycles. The first-order valence-electron chi connectivity index (χ1n) is 7.77. The van der Waals surface area contributed by atoms with Crippen molar-refractivity contribution in [2.24, 2.45) is 0 Å². The highest BCUT2D eigenvalue weighted by molar-refractivity contribution is 8.26. The lowest BCUT2D eigenvalue weighted by atomic mass is 10.1. The third kappa shape index (κ3) is 4.30. The van der Waals surface area contributed by atoms with Gasteiger partial charge in [0.1, 0.15) is 10.1 Å². The van der Waals surface area contributed by atoms with Crippen LogP contribution in [0.2, 0.25) is 0 Å². The van der Waals surface area contributed by atoms with Crippen molar-refractivity contribution in [3.05, 3.63) is 70.6 Å². The fourth-order valence-electron chi connectivity index (χ4n) is 2.41. The Morgan fingerprint density at radius 3 is 2.58 bits per heavy atom. The van der Waals surface area contributed by atoms with Crippen molar-refractivity contribution in [3.63, 3.8) is 0 Å². The van der Waals surface area contributed by atoms with E-state index in [0.29, 0.717) is 27.1 Å². The average Bonchev–Trinajstić information content (AvgIpc) is 2.89.